The van der Waals surface area contributed by atoms with Crippen molar-refractivity contribution in [3.05, 3.63) is 71.9 Å². The summed E-state index contributed by atoms with van der Waals surface area (Å²) in [6, 6.07) is 9.49. The number of benzene rings is 1. The Labute approximate surface area is 167 Å². The molecule has 1 unspecified atom stereocenters. The summed E-state index contributed by atoms with van der Waals surface area (Å²) in [6.45, 7) is 1.20. The fraction of sp³-hybridized carbons (Fsp3) is 0.286. The molecule has 150 valence electrons. The van der Waals surface area contributed by atoms with Crippen molar-refractivity contribution < 1.29 is 13.9 Å². The van der Waals surface area contributed by atoms with Gasteiger partial charge in [-0.15, -0.1) is 0 Å². The van der Waals surface area contributed by atoms with Crippen LogP contribution in [0.15, 0.2) is 55.0 Å². The molecule has 1 aromatic carbocycles. The molecule has 7 nitrogen and oxygen atoms in total. The normalized spacial score (nSPS) is 15.7. The summed E-state index contributed by atoms with van der Waals surface area (Å²) in [4.78, 5) is 16.5. The highest BCUT2D eigenvalue weighted by molar-refractivity contribution is 5.88. The fourth-order valence-corrected chi connectivity index (χ4v) is 3.35. The molecule has 8 heteroatoms. The molecule has 2 amide bonds. The number of carbonyl (C=O) groups excluding carboxylic acids is 1. The van der Waals surface area contributed by atoms with E-state index in [0.717, 1.165) is 18.4 Å². The maximum absolute atomic E-state index is 13.5. The van der Waals surface area contributed by atoms with Crippen molar-refractivity contribution in [2.45, 2.75) is 31.8 Å². The first-order chi connectivity index (χ1) is 14.2. The first-order valence-corrected chi connectivity index (χ1v) is 9.59. The van der Waals surface area contributed by atoms with Gasteiger partial charge in [-0.1, -0.05) is 6.07 Å². The van der Waals surface area contributed by atoms with Gasteiger partial charge >= 0.3 is 6.03 Å². The van der Waals surface area contributed by atoms with E-state index in [9.17, 15) is 9.18 Å². The number of aromatic nitrogens is 3. The van der Waals surface area contributed by atoms with Gasteiger partial charge in [0.1, 0.15) is 11.6 Å². The van der Waals surface area contributed by atoms with Gasteiger partial charge in [-0.2, -0.15) is 5.10 Å². The number of amides is 2. The average Bonchev–Trinajstić information content (AvgIpc) is 3.07. The number of hydrogen-bond donors (Lipinski definition) is 2. The molecule has 0 radical (unpaired) electrons. The number of nitrogens with one attached hydrogen (secondary N) is 2. The third-order valence-corrected chi connectivity index (χ3v) is 4.81. The van der Waals surface area contributed by atoms with Gasteiger partial charge in [0.2, 0.25) is 0 Å². The number of ether oxygens (including phenoxy) is 1. The number of nitrogens with zero attached hydrogens (tertiary/aromatic N) is 3. The van der Waals surface area contributed by atoms with Crippen LogP contribution in [0.3, 0.4) is 0 Å². The number of hydrogen-bond acceptors (Lipinski definition) is 4. The van der Waals surface area contributed by atoms with E-state index >= 15 is 0 Å². The zero-order valence-corrected chi connectivity index (χ0v) is 15.8. The summed E-state index contributed by atoms with van der Waals surface area (Å²) in [5, 5.41) is 10.1. The van der Waals surface area contributed by atoms with E-state index in [-0.39, 0.29) is 17.9 Å². The van der Waals surface area contributed by atoms with E-state index in [2.05, 4.69) is 20.7 Å². The largest absolute Gasteiger partial charge is 0.493 e. The van der Waals surface area contributed by atoms with E-state index in [0.29, 0.717) is 31.1 Å². The Morgan fingerprint density at radius 3 is 2.97 bits per heavy atom. The smallest absolute Gasteiger partial charge is 0.320 e. The molecule has 4 rings (SSSR count). The zero-order valence-electron chi connectivity index (χ0n) is 15.8. The summed E-state index contributed by atoms with van der Waals surface area (Å²) >= 11 is 0. The molecule has 0 spiro atoms. The SMILES string of the molecule is O=C(Nc1ccn(CCc2ccncc2)n1)NC1CCCOc2cc(F)ccc21. The average molecular weight is 395 g/mol. The lowest BCUT2D eigenvalue weighted by atomic mass is 10.0. The zero-order chi connectivity index (χ0) is 20.1. The minimum absolute atomic E-state index is 0.248. The number of fused-ring (bicyclic) bond motifs is 1. The Kier molecular flexibility index (Phi) is 5.69. The van der Waals surface area contributed by atoms with Crippen molar-refractivity contribution in [1.29, 1.82) is 0 Å². The van der Waals surface area contributed by atoms with Crippen LogP contribution >= 0.6 is 0 Å². The van der Waals surface area contributed by atoms with Crippen LogP contribution in [0.2, 0.25) is 0 Å². The lowest BCUT2D eigenvalue weighted by molar-refractivity contribution is 0.247. The summed E-state index contributed by atoms with van der Waals surface area (Å²) in [5.74, 6) is 0.598. The second-order valence-electron chi connectivity index (χ2n) is 6.89. The highest BCUT2D eigenvalue weighted by Gasteiger charge is 2.22. The molecule has 2 aromatic heterocycles. The molecule has 1 aliphatic rings. The van der Waals surface area contributed by atoms with E-state index < -0.39 is 0 Å². The summed E-state index contributed by atoms with van der Waals surface area (Å²) in [6.07, 6.45) is 7.67. The minimum Gasteiger partial charge on any atom is -0.493 e. The van der Waals surface area contributed by atoms with Crippen LogP contribution in [0.5, 0.6) is 5.75 Å². The Balaban J connectivity index is 1.35. The number of carbonyl (C=O) groups is 1. The molecule has 0 bridgehead atoms. The molecule has 0 aliphatic carbocycles. The van der Waals surface area contributed by atoms with Gasteiger partial charge in [-0.3, -0.25) is 15.0 Å². The van der Waals surface area contributed by atoms with E-state index in [4.69, 9.17) is 4.74 Å². The van der Waals surface area contributed by atoms with Gasteiger partial charge in [-0.25, -0.2) is 9.18 Å². The van der Waals surface area contributed by atoms with Crippen molar-refractivity contribution in [3.63, 3.8) is 0 Å². The predicted octanol–water partition coefficient (Wildman–Crippen LogP) is 3.70. The predicted molar refractivity (Wildman–Crippen MR) is 106 cm³/mol. The van der Waals surface area contributed by atoms with Crippen molar-refractivity contribution in [3.8, 4) is 5.75 Å². The lowest BCUT2D eigenvalue weighted by Crippen LogP contribution is -2.32. The Morgan fingerprint density at radius 2 is 2.10 bits per heavy atom. The monoisotopic (exact) mass is 395 g/mol. The number of pyridine rings is 1. The quantitative estimate of drug-likeness (QED) is 0.690. The number of halogens is 1. The summed E-state index contributed by atoms with van der Waals surface area (Å²) in [7, 11) is 0. The van der Waals surface area contributed by atoms with E-state index in [1.807, 2.05) is 18.3 Å². The second kappa shape index (κ2) is 8.72. The topological polar surface area (TPSA) is 81.1 Å². The van der Waals surface area contributed by atoms with Crippen molar-refractivity contribution in [1.82, 2.24) is 20.1 Å². The first-order valence-electron chi connectivity index (χ1n) is 9.59. The van der Waals surface area contributed by atoms with Gasteiger partial charge in [0, 0.05) is 42.8 Å². The maximum Gasteiger partial charge on any atom is 0.320 e. The molecule has 0 fully saturated rings. The van der Waals surface area contributed by atoms with Crippen LogP contribution < -0.4 is 15.4 Å². The Morgan fingerprint density at radius 1 is 1.24 bits per heavy atom. The molecule has 0 saturated carbocycles. The van der Waals surface area contributed by atoms with Gasteiger partial charge in [0.15, 0.2) is 5.82 Å². The standard InChI is InChI=1S/C21H22FN5O2/c22-16-3-4-17-18(2-1-13-29-19(17)14-16)24-21(28)25-20-8-12-27(26-20)11-7-15-5-9-23-10-6-15/h3-6,8-10,12,14,18H,1-2,7,11,13H2,(H2,24,25,26,28). The third-order valence-electron chi connectivity index (χ3n) is 4.81. The number of urea groups is 1. The van der Waals surface area contributed by atoms with Crippen molar-refractivity contribution in [2.75, 3.05) is 11.9 Å². The third kappa shape index (κ3) is 4.90. The molecule has 3 heterocycles. The van der Waals surface area contributed by atoms with Crippen LogP contribution in [-0.4, -0.2) is 27.4 Å². The van der Waals surface area contributed by atoms with Gasteiger partial charge in [-0.05, 0) is 43.0 Å². The Bertz CT molecular complexity index is 976. The van der Waals surface area contributed by atoms with Crippen LogP contribution in [0.4, 0.5) is 15.0 Å². The first kappa shape index (κ1) is 18.9. The maximum atomic E-state index is 13.5. The minimum atomic E-state index is -0.355. The molecular weight excluding hydrogens is 373 g/mol. The van der Waals surface area contributed by atoms with Crippen LogP contribution in [0, 0.1) is 5.82 Å². The highest BCUT2D eigenvalue weighted by Crippen LogP contribution is 2.32. The number of anilines is 1. The van der Waals surface area contributed by atoms with Crippen LogP contribution in [0.1, 0.15) is 30.0 Å². The molecule has 29 heavy (non-hydrogen) atoms. The molecule has 0 saturated heterocycles. The van der Waals surface area contributed by atoms with Gasteiger partial charge in [0.05, 0.1) is 12.6 Å². The summed E-state index contributed by atoms with van der Waals surface area (Å²) in [5.41, 5.74) is 1.95. The lowest BCUT2D eigenvalue weighted by Gasteiger charge is -2.18. The van der Waals surface area contributed by atoms with Crippen LogP contribution in [-0.2, 0) is 13.0 Å². The molecule has 1 atom stereocenters. The summed E-state index contributed by atoms with van der Waals surface area (Å²) < 4.78 is 20.9. The fourth-order valence-electron chi connectivity index (χ4n) is 3.35. The van der Waals surface area contributed by atoms with Crippen LogP contribution in [0.25, 0.3) is 0 Å². The Hall–Kier alpha value is -3.42. The molecule has 2 N–H and O–H groups in total. The van der Waals surface area contributed by atoms with Crippen molar-refractivity contribution in [2.24, 2.45) is 0 Å². The highest BCUT2D eigenvalue weighted by atomic mass is 19.1. The van der Waals surface area contributed by atoms with Crippen molar-refractivity contribution >= 4 is 11.8 Å². The number of rotatable bonds is 5. The number of aryl methyl sites for hydroxylation is 2. The molecule has 3 aromatic rings. The van der Waals surface area contributed by atoms with Gasteiger partial charge in [0.25, 0.3) is 0 Å². The molecule has 1 aliphatic heterocycles. The van der Waals surface area contributed by atoms with E-state index in [1.54, 1.807) is 29.2 Å². The van der Waals surface area contributed by atoms with E-state index in [1.165, 1.54) is 17.7 Å². The second-order valence-corrected chi connectivity index (χ2v) is 6.89. The molecular formula is C21H22FN5O2. The van der Waals surface area contributed by atoms with Gasteiger partial charge < -0.3 is 10.1 Å².